The Morgan fingerprint density at radius 1 is 1.47 bits per heavy atom. The molecule has 1 N–H and O–H groups in total. The van der Waals surface area contributed by atoms with Gasteiger partial charge in [-0.2, -0.15) is 0 Å². The number of non-ortho nitro benzene ring substituents is 1. The normalized spacial score (nSPS) is 12.9. The summed E-state index contributed by atoms with van der Waals surface area (Å²) in [5.41, 5.74) is -0.543. The summed E-state index contributed by atoms with van der Waals surface area (Å²) in [5.74, 6) is -0.401. The molecule has 1 unspecified atom stereocenters. The van der Waals surface area contributed by atoms with Gasteiger partial charge in [-0.3, -0.25) is 14.9 Å². The molecular weight excluding hydrogens is 336 g/mol. The minimum atomic E-state index is -0.615. The molecule has 7 heteroatoms. The number of nitrogens with one attached hydrogen (secondary N) is 1. The molecule has 0 aliphatic carbocycles. The lowest BCUT2D eigenvalue weighted by Crippen LogP contribution is -2.49. The van der Waals surface area contributed by atoms with Crippen LogP contribution in [-0.2, 0) is 0 Å². The minimum absolute atomic E-state index is 0.142. The first-order chi connectivity index (χ1) is 8.63. The molecule has 0 saturated carbocycles. The van der Waals surface area contributed by atoms with Gasteiger partial charge in [0.25, 0.3) is 11.6 Å². The van der Waals surface area contributed by atoms with Crippen LogP contribution in [0.2, 0.25) is 0 Å². The molecule has 0 spiro atoms. The number of alkyl halides is 1. The lowest BCUT2D eigenvalue weighted by atomic mass is 10.0. The summed E-state index contributed by atoms with van der Waals surface area (Å²) in [6.07, 6.45) is 0. The Kier molecular flexibility index (Phi) is 4.92. The molecule has 1 aromatic carbocycles. The van der Waals surface area contributed by atoms with Crippen LogP contribution in [0.25, 0.3) is 0 Å². The first-order valence-corrected chi connectivity index (χ1v) is 6.78. The van der Waals surface area contributed by atoms with Crippen LogP contribution in [0, 0.1) is 10.1 Å². The molecule has 0 fully saturated rings. The largest absolute Gasteiger partial charge is 0.346 e. The molecular formula is C12H14BrClN2O3. The van der Waals surface area contributed by atoms with Gasteiger partial charge in [0.2, 0.25) is 0 Å². The smallest absolute Gasteiger partial charge is 0.271 e. The molecule has 5 nitrogen and oxygen atoms in total. The van der Waals surface area contributed by atoms with E-state index in [-0.39, 0.29) is 16.6 Å². The summed E-state index contributed by atoms with van der Waals surface area (Å²) in [6.45, 7) is 5.34. The summed E-state index contributed by atoms with van der Waals surface area (Å²) in [5, 5.41) is 13.2. The molecule has 0 saturated heterocycles. The number of nitro groups is 1. The Morgan fingerprint density at radius 2 is 2.05 bits per heavy atom. The third kappa shape index (κ3) is 4.18. The molecule has 1 aromatic rings. The zero-order chi connectivity index (χ0) is 14.8. The van der Waals surface area contributed by atoms with E-state index in [9.17, 15) is 14.9 Å². The minimum Gasteiger partial charge on any atom is -0.346 e. The van der Waals surface area contributed by atoms with Gasteiger partial charge in [0, 0.05) is 22.2 Å². The fourth-order valence-electron chi connectivity index (χ4n) is 1.27. The molecule has 0 heterocycles. The predicted molar refractivity (Wildman–Crippen MR) is 77.7 cm³/mol. The van der Waals surface area contributed by atoms with Gasteiger partial charge in [-0.1, -0.05) is 15.9 Å². The first-order valence-electron chi connectivity index (χ1n) is 5.55. The van der Waals surface area contributed by atoms with Crippen LogP contribution in [0.3, 0.4) is 0 Å². The number of halogens is 2. The number of nitro benzene ring substituents is 1. The predicted octanol–water partition coefficient (Wildman–Crippen LogP) is 3.49. The van der Waals surface area contributed by atoms with Crippen molar-refractivity contribution in [2.45, 2.75) is 31.7 Å². The van der Waals surface area contributed by atoms with Gasteiger partial charge in [0.15, 0.2) is 0 Å². The monoisotopic (exact) mass is 348 g/mol. The molecule has 0 radical (unpaired) electrons. The highest BCUT2D eigenvalue weighted by atomic mass is 79.9. The Bertz CT molecular complexity index is 518. The zero-order valence-electron chi connectivity index (χ0n) is 10.7. The van der Waals surface area contributed by atoms with E-state index in [2.05, 4.69) is 21.2 Å². The van der Waals surface area contributed by atoms with Gasteiger partial charge < -0.3 is 5.32 Å². The summed E-state index contributed by atoms with van der Waals surface area (Å²) in [4.78, 5) is 22.3. The highest BCUT2D eigenvalue weighted by Crippen LogP contribution is 2.22. The maximum absolute atomic E-state index is 12.1. The molecule has 19 heavy (non-hydrogen) atoms. The van der Waals surface area contributed by atoms with E-state index in [0.717, 1.165) is 0 Å². The average molecular weight is 350 g/mol. The van der Waals surface area contributed by atoms with Crippen LogP contribution < -0.4 is 5.32 Å². The van der Waals surface area contributed by atoms with Gasteiger partial charge in [0.1, 0.15) is 0 Å². The first kappa shape index (κ1) is 15.9. The second-order valence-corrected chi connectivity index (χ2v) is 6.32. The third-order valence-corrected chi connectivity index (χ3v) is 3.79. The fraction of sp³-hybridized carbons (Fsp3) is 0.417. The van der Waals surface area contributed by atoms with Gasteiger partial charge >= 0.3 is 0 Å². The van der Waals surface area contributed by atoms with E-state index in [1.807, 2.05) is 0 Å². The van der Waals surface area contributed by atoms with Gasteiger partial charge in [0.05, 0.1) is 15.8 Å². The average Bonchev–Trinajstić information content (AvgIpc) is 2.27. The van der Waals surface area contributed by atoms with Crippen molar-refractivity contribution >= 4 is 39.1 Å². The van der Waals surface area contributed by atoms with Crippen LogP contribution in [0.15, 0.2) is 22.7 Å². The Morgan fingerprint density at radius 3 is 2.53 bits per heavy atom. The van der Waals surface area contributed by atoms with Crippen molar-refractivity contribution in [3.05, 3.63) is 38.3 Å². The molecule has 0 aromatic heterocycles. The van der Waals surface area contributed by atoms with E-state index >= 15 is 0 Å². The highest BCUT2D eigenvalue weighted by molar-refractivity contribution is 9.10. The second kappa shape index (κ2) is 5.88. The number of benzene rings is 1. The van der Waals surface area contributed by atoms with Crippen LogP contribution >= 0.6 is 27.5 Å². The lowest BCUT2D eigenvalue weighted by Gasteiger charge is -2.28. The summed E-state index contributed by atoms with van der Waals surface area (Å²) >= 11 is 9.13. The number of hydrogen-bond donors (Lipinski definition) is 1. The maximum atomic E-state index is 12.1. The van der Waals surface area contributed by atoms with Crippen molar-refractivity contribution < 1.29 is 9.72 Å². The lowest BCUT2D eigenvalue weighted by molar-refractivity contribution is -0.385. The van der Waals surface area contributed by atoms with E-state index in [1.54, 1.807) is 20.8 Å². The molecule has 104 valence electrons. The summed E-state index contributed by atoms with van der Waals surface area (Å²) < 4.78 is 0.476. The molecule has 0 bridgehead atoms. The van der Waals surface area contributed by atoms with Crippen LogP contribution in [0.5, 0.6) is 0 Å². The number of rotatable bonds is 4. The van der Waals surface area contributed by atoms with Gasteiger partial charge in [-0.05, 0) is 26.8 Å². The number of carbonyl (C=O) groups excluding carboxylic acids is 1. The number of nitrogens with zero attached hydrogens (tertiary/aromatic N) is 1. The van der Waals surface area contributed by atoms with Crippen molar-refractivity contribution in [2.75, 3.05) is 0 Å². The quantitative estimate of drug-likeness (QED) is 0.514. The van der Waals surface area contributed by atoms with E-state index in [0.29, 0.717) is 4.47 Å². The fourth-order valence-corrected chi connectivity index (χ4v) is 1.81. The van der Waals surface area contributed by atoms with Crippen molar-refractivity contribution in [3.8, 4) is 0 Å². The third-order valence-electron chi connectivity index (χ3n) is 2.79. The Hall–Kier alpha value is -1.14. The maximum Gasteiger partial charge on any atom is 0.271 e. The van der Waals surface area contributed by atoms with Gasteiger partial charge in [-0.25, -0.2) is 0 Å². The molecule has 1 rings (SSSR count). The number of carbonyl (C=O) groups is 1. The number of amides is 1. The van der Waals surface area contributed by atoms with E-state index in [4.69, 9.17) is 11.6 Å². The van der Waals surface area contributed by atoms with Crippen molar-refractivity contribution in [2.24, 2.45) is 0 Å². The topological polar surface area (TPSA) is 72.2 Å². The molecule has 0 aliphatic heterocycles. The van der Waals surface area contributed by atoms with Crippen LogP contribution in [0.1, 0.15) is 31.1 Å². The van der Waals surface area contributed by atoms with Crippen molar-refractivity contribution in [1.82, 2.24) is 5.32 Å². The van der Waals surface area contributed by atoms with Crippen molar-refractivity contribution in [3.63, 3.8) is 0 Å². The van der Waals surface area contributed by atoms with E-state index in [1.165, 1.54) is 18.2 Å². The van der Waals surface area contributed by atoms with Crippen molar-refractivity contribution in [1.29, 1.82) is 0 Å². The molecule has 0 aliphatic rings. The second-order valence-electron chi connectivity index (χ2n) is 4.75. The SMILES string of the molecule is CC(Cl)C(C)(C)NC(=O)c1cc(Br)cc([N+](=O)[O-])c1. The molecule has 1 amide bonds. The highest BCUT2D eigenvalue weighted by Gasteiger charge is 2.27. The van der Waals surface area contributed by atoms with Crippen LogP contribution in [0.4, 0.5) is 5.69 Å². The summed E-state index contributed by atoms with van der Waals surface area (Å²) in [7, 11) is 0. The molecule has 1 atom stereocenters. The Balaban J connectivity index is 3.04. The standard InChI is InChI=1S/C12H14BrClN2O3/c1-7(14)12(2,3)15-11(17)8-4-9(13)6-10(5-8)16(18)19/h4-7H,1-3H3,(H,15,17). The van der Waals surface area contributed by atoms with E-state index < -0.39 is 16.4 Å². The van der Waals surface area contributed by atoms with Gasteiger partial charge in [-0.15, -0.1) is 11.6 Å². The number of hydrogen-bond acceptors (Lipinski definition) is 3. The summed E-state index contributed by atoms with van der Waals surface area (Å²) in [6, 6.07) is 4.10. The Labute approximate surface area is 124 Å². The zero-order valence-corrected chi connectivity index (χ0v) is 13.1. The van der Waals surface area contributed by atoms with Crippen LogP contribution in [-0.4, -0.2) is 21.7 Å².